The number of furan rings is 1. The number of aliphatic hydroxyl groups excluding tert-OH is 2. The molecule has 1 aromatic carbocycles. The van der Waals surface area contributed by atoms with Gasteiger partial charge in [-0.05, 0) is 30.1 Å². The van der Waals surface area contributed by atoms with Crippen molar-refractivity contribution in [2.45, 2.75) is 76.9 Å². The highest BCUT2D eigenvalue weighted by atomic mass is 28.3. The molecule has 0 bridgehead atoms. The van der Waals surface area contributed by atoms with Gasteiger partial charge in [0, 0.05) is 24.0 Å². The van der Waals surface area contributed by atoms with E-state index in [1.165, 1.54) is 0 Å². The predicted molar refractivity (Wildman–Crippen MR) is 147 cm³/mol. The second kappa shape index (κ2) is 11.1. The molecule has 0 fully saturated rings. The zero-order valence-electron chi connectivity index (χ0n) is 21.6. The van der Waals surface area contributed by atoms with Crippen LogP contribution >= 0.6 is 0 Å². The lowest BCUT2D eigenvalue weighted by molar-refractivity contribution is 0.233. The Labute approximate surface area is 202 Å². The summed E-state index contributed by atoms with van der Waals surface area (Å²) in [5.74, 6) is 3.79. The third-order valence-electron chi connectivity index (χ3n) is 5.59. The van der Waals surface area contributed by atoms with Crippen molar-refractivity contribution in [3.8, 4) is 28.3 Å². The monoisotopic (exact) mass is 500 g/mol. The maximum Gasteiger partial charge on any atom is 0.176 e. The highest BCUT2D eigenvalue weighted by Gasteiger charge is 2.26. The molecule has 1 atom stereocenters. The minimum absolute atomic E-state index is 0.0371. The number of rotatable bonds is 8. The third-order valence-corrected chi connectivity index (χ3v) is 11.8. The summed E-state index contributed by atoms with van der Waals surface area (Å²) in [4.78, 5) is 0. The molecule has 2 aromatic rings. The van der Waals surface area contributed by atoms with Gasteiger partial charge in [0.15, 0.2) is 11.3 Å². The molecule has 2 rings (SSSR count). The molecule has 0 saturated carbocycles. The molecule has 7 heteroatoms. The standard InChI is InChI=1S/C26H40O4Si3/c1-29-24-10-9-21(25-22(11-13-27)20-30-26(24)25)19-23(28)12-14-32(5,6)17-18-33(7,8)16-15-31(2,3)4/h9-10,20,23,27-28H,11,13,17-19H2,1-8H3. The molecule has 2 N–H and O–H groups in total. The molecular weight excluding hydrogens is 461 g/mol. The molecule has 1 aromatic heterocycles. The van der Waals surface area contributed by atoms with E-state index in [4.69, 9.17) is 9.15 Å². The summed E-state index contributed by atoms with van der Waals surface area (Å²) in [5, 5.41) is 21.1. The van der Waals surface area contributed by atoms with Gasteiger partial charge in [0.05, 0.1) is 13.4 Å². The first-order valence-corrected chi connectivity index (χ1v) is 21.6. The zero-order chi connectivity index (χ0) is 24.9. The van der Waals surface area contributed by atoms with Gasteiger partial charge in [-0.25, -0.2) is 0 Å². The molecule has 0 aliphatic rings. The highest BCUT2D eigenvalue weighted by molar-refractivity contribution is 6.92. The number of benzene rings is 1. The predicted octanol–water partition coefficient (Wildman–Crippen LogP) is 5.26. The van der Waals surface area contributed by atoms with E-state index < -0.39 is 30.3 Å². The third kappa shape index (κ3) is 8.51. The number of methoxy groups -OCH3 is 1. The van der Waals surface area contributed by atoms with E-state index in [1.54, 1.807) is 13.4 Å². The molecule has 0 radical (unpaired) electrons. The van der Waals surface area contributed by atoms with Gasteiger partial charge in [0.1, 0.15) is 30.3 Å². The Morgan fingerprint density at radius 2 is 1.58 bits per heavy atom. The Hall–Kier alpha value is -1.75. The fraction of sp³-hybridized carbons (Fsp3) is 0.538. The van der Waals surface area contributed by atoms with E-state index in [0.29, 0.717) is 24.2 Å². The summed E-state index contributed by atoms with van der Waals surface area (Å²) in [6.45, 7) is 16.2. The van der Waals surface area contributed by atoms with Crippen LogP contribution in [0, 0.1) is 22.6 Å². The molecule has 1 heterocycles. The van der Waals surface area contributed by atoms with Crippen LogP contribution < -0.4 is 4.74 Å². The topological polar surface area (TPSA) is 62.8 Å². The van der Waals surface area contributed by atoms with E-state index in [1.807, 2.05) is 12.1 Å². The highest BCUT2D eigenvalue weighted by Crippen LogP contribution is 2.33. The van der Waals surface area contributed by atoms with Crippen molar-refractivity contribution in [3.05, 3.63) is 29.5 Å². The van der Waals surface area contributed by atoms with E-state index in [0.717, 1.165) is 28.6 Å². The van der Waals surface area contributed by atoms with Crippen molar-refractivity contribution in [2.75, 3.05) is 13.7 Å². The van der Waals surface area contributed by atoms with Crippen molar-refractivity contribution in [3.63, 3.8) is 0 Å². The summed E-state index contributed by atoms with van der Waals surface area (Å²) < 4.78 is 11.1. The maximum atomic E-state index is 10.7. The molecular formula is C26H40O4Si3. The lowest BCUT2D eigenvalue weighted by Crippen LogP contribution is -2.32. The average Bonchev–Trinajstić information content (AvgIpc) is 3.14. The van der Waals surface area contributed by atoms with Crippen LogP contribution in [0.15, 0.2) is 22.8 Å². The van der Waals surface area contributed by atoms with Crippen molar-refractivity contribution in [2.24, 2.45) is 0 Å². The van der Waals surface area contributed by atoms with E-state index >= 15 is 0 Å². The Kier molecular flexibility index (Phi) is 9.26. The normalized spacial score (nSPS) is 13.2. The van der Waals surface area contributed by atoms with Crippen LogP contribution in [0.2, 0.25) is 57.9 Å². The van der Waals surface area contributed by atoms with Crippen molar-refractivity contribution in [1.29, 1.82) is 0 Å². The van der Waals surface area contributed by atoms with Crippen LogP contribution in [0.3, 0.4) is 0 Å². The fourth-order valence-electron chi connectivity index (χ4n) is 3.54. The lowest BCUT2D eigenvalue weighted by Gasteiger charge is -2.21. The molecule has 0 aliphatic heterocycles. The Balaban J connectivity index is 2.14. The van der Waals surface area contributed by atoms with E-state index in [-0.39, 0.29) is 6.61 Å². The Bertz CT molecular complexity index is 1070. The van der Waals surface area contributed by atoms with Crippen LogP contribution in [-0.4, -0.2) is 54.3 Å². The zero-order valence-corrected chi connectivity index (χ0v) is 24.6. The van der Waals surface area contributed by atoms with Crippen LogP contribution in [-0.2, 0) is 12.8 Å². The summed E-state index contributed by atoms with van der Waals surface area (Å²) >= 11 is 0. The maximum absolute atomic E-state index is 10.7. The number of hydrogen-bond donors (Lipinski definition) is 2. The average molecular weight is 501 g/mol. The summed E-state index contributed by atoms with van der Waals surface area (Å²) in [6, 6.07) is 6.09. The number of aliphatic hydroxyl groups is 2. The molecule has 0 spiro atoms. The van der Waals surface area contributed by atoms with Gasteiger partial charge in [-0.15, -0.1) is 16.6 Å². The first-order chi connectivity index (χ1) is 15.3. The summed E-state index contributed by atoms with van der Waals surface area (Å²) in [5.41, 5.74) is 13.2. The first kappa shape index (κ1) is 27.5. The second-order valence-corrected chi connectivity index (χ2v) is 24.9. The van der Waals surface area contributed by atoms with Crippen LogP contribution in [0.5, 0.6) is 5.75 Å². The molecule has 1 unspecified atom stereocenters. The lowest BCUT2D eigenvalue weighted by atomic mass is 9.99. The molecule has 4 nitrogen and oxygen atoms in total. The molecule has 180 valence electrons. The Morgan fingerprint density at radius 3 is 2.15 bits per heavy atom. The van der Waals surface area contributed by atoms with Gasteiger partial charge in [0.2, 0.25) is 0 Å². The molecule has 0 saturated heterocycles. The van der Waals surface area contributed by atoms with Crippen molar-refractivity contribution < 1.29 is 19.4 Å². The van der Waals surface area contributed by atoms with Gasteiger partial charge in [0.25, 0.3) is 0 Å². The van der Waals surface area contributed by atoms with Crippen LogP contribution in [0.1, 0.15) is 11.1 Å². The fourth-order valence-corrected chi connectivity index (χ4v) is 12.2. The first-order valence-electron chi connectivity index (χ1n) is 11.7. The smallest absolute Gasteiger partial charge is 0.176 e. The summed E-state index contributed by atoms with van der Waals surface area (Å²) in [7, 11) is -3.05. The van der Waals surface area contributed by atoms with Crippen LogP contribution in [0.4, 0.5) is 0 Å². The van der Waals surface area contributed by atoms with E-state index in [2.05, 4.69) is 68.4 Å². The minimum Gasteiger partial charge on any atom is -0.493 e. The second-order valence-electron chi connectivity index (χ2n) is 11.1. The number of fused-ring (bicyclic) bond motifs is 1. The van der Waals surface area contributed by atoms with E-state index in [9.17, 15) is 10.2 Å². The van der Waals surface area contributed by atoms with Gasteiger partial charge in [-0.1, -0.05) is 57.8 Å². The SMILES string of the molecule is COc1ccc(CC(O)C#C[Si](C)(C)CC[Si](C)(C)C#C[Si](C)(C)C)c2c(CCO)coc12. The number of ether oxygens (including phenoxy) is 1. The van der Waals surface area contributed by atoms with Gasteiger partial charge in [-0.2, -0.15) is 0 Å². The van der Waals surface area contributed by atoms with Gasteiger partial charge >= 0.3 is 0 Å². The Morgan fingerprint density at radius 1 is 0.939 bits per heavy atom. The minimum atomic E-state index is -1.76. The molecule has 33 heavy (non-hydrogen) atoms. The quantitative estimate of drug-likeness (QED) is 0.383. The molecule has 0 aliphatic carbocycles. The summed E-state index contributed by atoms with van der Waals surface area (Å²) in [6.07, 6.45) is 1.83. The van der Waals surface area contributed by atoms with Gasteiger partial charge < -0.3 is 19.4 Å². The van der Waals surface area contributed by atoms with Crippen LogP contribution in [0.25, 0.3) is 11.0 Å². The largest absolute Gasteiger partial charge is 0.493 e. The number of hydrogen-bond acceptors (Lipinski definition) is 4. The van der Waals surface area contributed by atoms with Crippen molar-refractivity contribution >= 4 is 35.2 Å². The van der Waals surface area contributed by atoms with Crippen molar-refractivity contribution in [1.82, 2.24) is 0 Å². The molecule has 0 amide bonds. The van der Waals surface area contributed by atoms with Gasteiger partial charge in [-0.3, -0.25) is 0 Å².